The van der Waals surface area contributed by atoms with Crippen LogP contribution in [0.15, 0.2) is 96.3 Å². The molecule has 0 aliphatic heterocycles. The zero-order chi connectivity index (χ0) is 23.0. The minimum atomic E-state index is -0.410. The maximum Gasteiger partial charge on any atom is 0.237 e. The molecule has 0 bridgehead atoms. The van der Waals surface area contributed by atoms with Crippen molar-refractivity contribution in [1.29, 1.82) is 5.26 Å². The highest BCUT2D eigenvalue weighted by atomic mass is 32.2. The maximum atomic E-state index is 13.0. The minimum Gasteiger partial charge on any atom is -0.325 e. The normalized spacial score (nSPS) is 11.4. The third-order valence-corrected chi connectivity index (χ3v) is 6.47. The van der Waals surface area contributed by atoms with Gasteiger partial charge in [-0.1, -0.05) is 79.3 Å². The Labute approximate surface area is 197 Å². The van der Waals surface area contributed by atoms with E-state index in [-0.39, 0.29) is 5.91 Å². The van der Waals surface area contributed by atoms with Gasteiger partial charge >= 0.3 is 0 Å². The second-order valence-corrected chi connectivity index (χ2v) is 8.51. The molecule has 1 amide bonds. The standard InChI is InChI=1S/C27H22N4OS/c1-2-25(26(32)30-21-13-15-29-16-14-21)33-27-23(18-28)22(19-9-5-3-6-10-19)17-24(31-27)20-11-7-4-8-12-20/h3-17,25H,2H2,1H3,(H,29,30,32). The summed E-state index contributed by atoms with van der Waals surface area (Å²) in [5, 5.41) is 13.1. The SMILES string of the molecule is CCC(Sc1nc(-c2ccccc2)cc(-c2ccccc2)c1C#N)C(=O)Nc1ccncc1. The summed E-state index contributed by atoms with van der Waals surface area (Å²) in [6.45, 7) is 1.95. The molecule has 0 spiro atoms. The fourth-order valence-electron chi connectivity index (χ4n) is 3.43. The Morgan fingerprint density at radius 1 is 1.00 bits per heavy atom. The van der Waals surface area contributed by atoms with Gasteiger partial charge in [0.1, 0.15) is 11.1 Å². The highest BCUT2D eigenvalue weighted by molar-refractivity contribution is 8.00. The van der Waals surface area contributed by atoms with Gasteiger partial charge in [-0.2, -0.15) is 5.26 Å². The summed E-state index contributed by atoms with van der Waals surface area (Å²) >= 11 is 1.32. The largest absolute Gasteiger partial charge is 0.325 e. The van der Waals surface area contributed by atoms with Crippen molar-refractivity contribution in [1.82, 2.24) is 9.97 Å². The van der Waals surface area contributed by atoms with Gasteiger partial charge in [0.25, 0.3) is 0 Å². The number of nitriles is 1. The molecule has 4 aromatic rings. The van der Waals surface area contributed by atoms with Crippen LogP contribution < -0.4 is 5.32 Å². The molecular weight excluding hydrogens is 428 g/mol. The molecule has 0 radical (unpaired) electrons. The van der Waals surface area contributed by atoms with Crippen LogP contribution in [0.4, 0.5) is 5.69 Å². The molecule has 2 aromatic heterocycles. The van der Waals surface area contributed by atoms with Gasteiger partial charge < -0.3 is 5.32 Å². The molecule has 2 heterocycles. The van der Waals surface area contributed by atoms with Crippen LogP contribution in [0.25, 0.3) is 22.4 Å². The number of pyridine rings is 2. The first-order valence-electron chi connectivity index (χ1n) is 10.6. The number of rotatable bonds is 7. The number of benzene rings is 2. The average molecular weight is 451 g/mol. The number of aromatic nitrogens is 2. The lowest BCUT2D eigenvalue weighted by molar-refractivity contribution is -0.115. The van der Waals surface area contributed by atoms with Gasteiger partial charge in [0.05, 0.1) is 16.5 Å². The predicted octanol–water partition coefficient (Wildman–Crippen LogP) is 6.19. The summed E-state index contributed by atoms with van der Waals surface area (Å²) in [4.78, 5) is 21.8. The Kier molecular flexibility index (Phi) is 7.13. The molecule has 0 saturated heterocycles. The quantitative estimate of drug-likeness (QED) is 0.340. The third-order valence-electron chi connectivity index (χ3n) is 5.12. The second kappa shape index (κ2) is 10.6. The lowest BCUT2D eigenvalue weighted by Crippen LogP contribution is -2.24. The number of hydrogen-bond acceptors (Lipinski definition) is 5. The predicted molar refractivity (Wildman–Crippen MR) is 133 cm³/mol. The summed E-state index contributed by atoms with van der Waals surface area (Å²) in [7, 11) is 0. The van der Waals surface area contributed by atoms with Crippen LogP contribution in [0.2, 0.25) is 0 Å². The van der Waals surface area contributed by atoms with E-state index >= 15 is 0 Å². The van der Waals surface area contributed by atoms with Gasteiger partial charge in [0.2, 0.25) is 5.91 Å². The lowest BCUT2D eigenvalue weighted by atomic mass is 9.99. The van der Waals surface area contributed by atoms with Crippen molar-refractivity contribution in [2.24, 2.45) is 0 Å². The number of hydrogen-bond donors (Lipinski definition) is 1. The van der Waals surface area contributed by atoms with Gasteiger partial charge in [0, 0.05) is 29.2 Å². The van der Waals surface area contributed by atoms with E-state index in [1.807, 2.05) is 73.7 Å². The van der Waals surface area contributed by atoms with Crippen molar-refractivity contribution in [3.8, 4) is 28.5 Å². The van der Waals surface area contributed by atoms with Gasteiger partial charge in [0.15, 0.2) is 0 Å². The molecule has 0 saturated carbocycles. The van der Waals surface area contributed by atoms with Crippen LogP contribution in [-0.2, 0) is 4.79 Å². The van der Waals surface area contributed by atoms with Crippen LogP contribution in [0.1, 0.15) is 18.9 Å². The summed E-state index contributed by atoms with van der Waals surface area (Å²) in [6, 6.07) is 27.4. The van der Waals surface area contributed by atoms with E-state index in [9.17, 15) is 10.1 Å². The van der Waals surface area contributed by atoms with E-state index in [1.54, 1.807) is 24.5 Å². The van der Waals surface area contributed by atoms with E-state index in [0.717, 1.165) is 22.4 Å². The van der Waals surface area contributed by atoms with Crippen LogP contribution in [0.5, 0.6) is 0 Å². The Morgan fingerprint density at radius 3 is 2.24 bits per heavy atom. The zero-order valence-corrected chi connectivity index (χ0v) is 18.9. The van der Waals surface area contributed by atoms with Crippen molar-refractivity contribution in [2.75, 3.05) is 5.32 Å². The van der Waals surface area contributed by atoms with Crippen molar-refractivity contribution in [2.45, 2.75) is 23.6 Å². The molecule has 2 aromatic carbocycles. The number of amides is 1. The van der Waals surface area contributed by atoms with Gasteiger partial charge in [-0.25, -0.2) is 4.98 Å². The van der Waals surface area contributed by atoms with Crippen LogP contribution in [0, 0.1) is 11.3 Å². The summed E-state index contributed by atoms with van der Waals surface area (Å²) < 4.78 is 0. The first-order chi connectivity index (χ1) is 16.2. The van der Waals surface area contributed by atoms with Gasteiger partial charge in [-0.05, 0) is 30.2 Å². The Morgan fingerprint density at radius 2 is 1.64 bits per heavy atom. The first kappa shape index (κ1) is 22.3. The van der Waals surface area contributed by atoms with Crippen LogP contribution in [-0.4, -0.2) is 21.1 Å². The Bertz CT molecular complexity index is 1270. The van der Waals surface area contributed by atoms with Crippen LogP contribution >= 0.6 is 11.8 Å². The van der Waals surface area contributed by atoms with Crippen molar-refractivity contribution in [3.05, 3.63) is 96.8 Å². The molecule has 0 aliphatic carbocycles. The molecule has 162 valence electrons. The number of carbonyl (C=O) groups is 1. The number of nitrogens with zero attached hydrogens (tertiary/aromatic N) is 3. The monoisotopic (exact) mass is 450 g/mol. The molecule has 1 unspecified atom stereocenters. The number of thioether (sulfide) groups is 1. The van der Waals surface area contributed by atoms with Gasteiger partial charge in [-0.15, -0.1) is 0 Å². The third kappa shape index (κ3) is 5.28. The molecule has 0 fully saturated rings. The van der Waals surface area contributed by atoms with E-state index in [4.69, 9.17) is 4.98 Å². The Hall–Kier alpha value is -3.95. The van der Waals surface area contributed by atoms with E-state index < -0.39 is 5.25 Å². The zero-order valence-electron chi connectivity index (χ0n) is 18.1. The lowest BCUT2D eigenvalue weighted by Gasteiger charge is -2.17. The minimum absolute atomic E-state index is 0.134. The average Bonchev–Trinajstić information content (AvgIpc) is 2.88. The molecule has 33 heavy (non-hydrogen) atoms. The summed E-state index contributed by atoms with van der Waals surface area (Å²) in [6.07, 6.45) is 3.85. The molecule has 0 aliphatic rings. The second-order valence-electron chi connectivity index (χ2n) is 7.32. The molecule has 1 atom stereocenters. The Balaban J connectivity index is 1.76. The summed E-state index contributed by atoms with van der Waals surface area (Å²) in [5.41, 5.74) is 4.62. The fourth-order valence-corrected chi connectivity index (χ4v) is 4.46. The van der Waals surface area contributed by atoms with Crippen molar-refractivity contribution < 1.29 is 4.79 Å². The van der Waals surface area contributed by atoms with Crippen molar-refractivity contribution in [3.63, 3.8) is 0 Å². The van der Waals surface area contributed by atoms with E-state index in [2.05, 4.69) is 16.4 Å². The fraction of sp³-hybridized carbons (Fsp3) is 0.111. The van der Waals surface area contributed by atoms with Crippen LogP contribution in [0.3, 0.4) is 0 Å². The smallest absolute Gasteiger partial charge is 0.237 e. The molecule has 6 heteroatoms. The maximum absolute atomic E-state index is 13.0. The van der Waals surface area contributed by atoms with Gasteiger partial charge in [-0.3, -0.25) is 9.78 Å². The highest BCUT2D eigenvalue weighted by Crippen LogP contribution is 2.36. The number of nitrogens with one attached hydrogen (secondary N) is 1. The summed E-state index contributed by atoms with van der Waals surface area (Å²) in [5.74, 6) is -0.134. The van der Waals surface area contributed by atoms with Crippen molar-refractivity contribution >= 4 is 23.4 Å². The highest BCUT2D eigenvalue weighted by Gasteiger charge is 2.23. The molecular formula is C27H22N4OS. The molecule has 4 rings (SSSR count). The topological polar surface area (TPSA) is 78.7 Å². The van der Waals surface area contributed by atoms with E-state index in [1.165, 1.54) is 11.8 Å². The molecule has 1 N–H and O–H groups in total. The first-order valence-corrected chi connectivity index (χ1v) is 11.5. The number of anilines is 1. The van der Waals surface area contributed by atoms with E-state index in [0.29, 0.717) is 22.7 Å². The molecule has 5 nitrogen and oxygen atoms in total. The number of carbonyl (C=O) groups excluding carboxylic acids is 1.